The van der Waals surface area contributed by atoms with Crippen molar-refractivity contribution < 1.29 is 9.84 Å². The van der Waals surface area contributed by atoms with E-state index in [4.69, 9.17) is 9.84 Å². The maximum Gasteiger partial charge on any atom is 0.119 e. The van der Waals surface area contributed by atoms with Crippen molar-refractivity contribution in [2.45, 2.75) is 13.5 Å². The van der Waals surface area contributed by atoms with Gasteiger partial charge in [-0.25, -0.2) is 0 Å². The Balaban J connectivity index is 2.45. The van der Waals surface area contributed by atoms with Gasteiger partial charge in [0.2, 0.25) is 0 Å². The fourth-order valence-corrected chi connectivity index (χ4v) is 1.77. The van der Waals surface area contributed by atoms with E-state index in [1.54, 1.807) is 13.3 Å². The molecule has 0 aliphatic rings. The fourth-order valence-electron chi connectivity index (χ4n) is 1.77. The molecule has 3 heteroatoms. The third kappa shape index (κ3) is 2.45. The summed E-state index contributed by atoms with van der Waals surface area (Å²) in [4.78, 5) is 4.32. The second-order valence-corrected chi connectivity index (χ2v) is 3.89. The number of aliphatic hydroxyl groups excluding tert-OH is 1. The molecule has 17 heavy (non-hydrogen) atoms. The van der Waals surface area contributed by atoms with Gasteiger partial charge in [0.05, 0.1) is 19.4 Å². The lowest BCUT2D eigenvalue weighted by Crippen LogP contribution is -1.91. The number of rotatable bonds is 3. The minimum atomic E-state index is 0.0325. The molecule has 0 saturated heterocycles. The van der Waals surface area contributed by atoms with Crippen LogP contribution in [0.5, 0.6) is 5.75 Å². The van der Waals surface area contributed by atoms with Crippen molar-refractivity contribution in [3.8, 4) is 17.0 Å². The van der Waals surface area contributed by atoms with Gasteiger partial charge in [-0.15, -0.1) is 0 Å². The molecule has 0 bridgehead atoms. The molecule has 1 aromatic heterocycles. The Hall–Kier alpha value is -1.87. The maximum absolute atomic E-state index is 9.11. The Labute approximate surface area is 101 Å². The average Bonchev–Trinajstić information content (AvgIpc) is 2.38. The van der Waals surface area contributed by atoms with E-state index in [1.807, 2.05) is 37.3 Å². The zero-order valence-corrected chi connectivity index (χ0v) is 9.97. The topological polar surface area (TPSA) is 42.4 Å². The maximum atomic E-state index is 9.11. The van der Waals surface area contributed by atoms with Crippen LogP contribution in [-0.2, 0) is 6.61 Å². The van der Waals surface area contributed by atoms with E-state index < -0.39 is 0 Å². The number of pyridine rings is 1. The zero-order valence-electron chi connectivity index (χ0n) is 9.97. The molecule has 88 valence electrons. The third-order valence-electron chi connectivity index (χ3n) is 2.72. The van der Waals surface area contributed by atoms with Gasteiger partial charge in [-0.1, -0.05) is 0 Å². The van der Waals surface area contributed by atoms with Crippen LogP contribution in [0.3, 0.4) is 0 Å². The molecule has 1 heterocycles. The van der Waals surface area contributed by atoms with Gasteiger partial charge in [-0.05, 0) is 48.4 Å². The number of benzene rings is 1. The van der Waals surface area contributed by atoms with E-state index in [0.29, 0.717) is 0 Å². The van der Waals surface area contributed by atoms with Crippen LogP contribution in [0.1, 0.15) is 11.1 Å². The normalized spacial score (nSPS) is 10.3. The first kappa shape index (κ1) is 11.6. The molecule has 1 aromatic carbocycles. The van der Waals surface area contributed by atoms with Crippen molar-refractivity contribution in [3.05, 3.63) is 47.7 Å². The van der Waals surface area contributed by atoms with Gasteiger partial charge in [0, 0.05) is 11.8 Å². The van der Waals surface area contributed by atoms with Crippen LogP contribution in [0, 0.1) is 6.92 Å². The second kappa shape index (κ2) is 4.97. The Morgan fingerprint density at radius 1 is 1.24 bits per heavy atom. The largest absolute Gasteiger partial charge is 0.497 e. The molecule has 2 rings (SSSR count). The first-order valence-electron chi connectivity index (χ1n) is 5.45. The number of aliphatic hydroxyl groups is 1. The van der Waals surface area contributed by atoms with Gasteiger partial charge >= 0.3 is 0 Å². The predicted molar refractivity (Wildman–Crippen MR) is 66.9 cm³/mol. The van der Waals surface area contributed by atoms with Gasteiger partial charge in [0.25, 0.3) is 0 Å². The Bertz CT molecular complexity index is 523. The standard InChI is InChI=1S/C14H15NO2/c1-10-7-12(17-2)3-4-13(10)14-8-11(9-16)5-6-15-14/h3-8,16H,9H2,1-2H3. The molecule has 1 N–H and O–H groups in total. The van der Waals surface area contributed by atoms with Gasteiger partial charge < -0.3 is 9.84 Å². The zero-order chi connectivity index (χ0) is 12.3. The summed E-state index contributed by atoms with van der Waals surface area (Å²) in [5.74, 6) is 0.838. The van der Waals surface area contributed by atoms with Gasteiger partial charge in [-0.2, -0.15) is 0 Å². The predicted octanol–water partition coefficient (Wildman–Crippen LogP) is 2.56. The van der Waals surface area contributed by atoms with Gasteiger partial charge in [0.15, 0.2) is 0 Å². The van der Waals surface area contributed by atoms with Gasteiger partial charge in [-0.3, -0.25) is 4.98 Å². The number of methoxy groups -OCH3 is 1. The number of hydrogen-bond donors (Lipinski definition) is 1. The molecule has 0 unspecified atom stereocenters. The average molecular weight is 229 g/mol. The summed E-state index contributed by atoms with van der Waals surface area (Å²) in [6.07, 6.45) is 1.71. The van der Waals surface area contributed by atoms with Crippen molar-refractivity contribution in [1.82, 2.24) is 4.98 Å². The van der Waals surface area contributed by atoms with Crippen molar-refractivity contribution in [2.24, 2.45) is 0 Å². The first-order chi connectivity index (χ1) is 8.24. The smallest absolute Gasteiger partial charge is 0.119 e. The molecule has 0 spiro atoms. The van der Waals surface area contributed by atoms with Crippen molar-refractivity contribution in [2.75, 3.05) is 7.11 Å². The lowest BCUT2D eigenvalue weighted by Gasteiger charge is -2.08. The van der Waals surface area contributed by atoms with E-state index in [9.17, 15) is 0 Å². The molecule has 2 aromatic rings. The highest BCUT2D eigenvalue weighted by Gasteiger charge is 2.05. The van der Waals surface area contributed by atoms with Crippen molar-refractivity contribution >= 4 is 0 Å². The van der Waals surface area contributed by atoms with Crippen LogP contribution in [0.2, 0.25) is 0 Å². The van der Waals surface area contributed by atoms with Crippen LogP contribution >= 0.6 is 0 Å². The van der Waals surface area contributed by atoms with Crippen LogP contribution < -0.4 is 4.74 Å². The molecule has 0 fully saturated rings. The van der Waals surface area contributed by atoms with Crippen LogP contribution in [0.25, 0.3) is 11.3 Å². The minimum absolute atomic E-state index is 0.0325. The molecule has 0 atom stereocenters. The molecule has 0 saturated carbocycles. The van der Waals surface area contributed by atoms with E-state index >= 15 is 0 Å². The van der Waals surface area contributed by atoms with Crippen molar-refractivity contribution in [3.63, 3.8) is 0 Å². The Morgan fingerprint density at radius 2 is 2.06 bits per heavy atom. The summed E-state index contributed by atoms with van der Waals surface area (Å²) < 4.78 is 5.17. The molecule has 0 amide bonds. The van der Waals surface area contributed by atoms with E-state index in [1.165, 1.54) is 0 Å². The molecular formula is C14H15NO2. The summed E-state index contributed by atoms with van der Waals surface area (Å²) in [5, 5.41) is 9.11. The third-order valence-corrected chi connectivity index (χ3v) is 2.72. The van der Waals surface area contributed by atoms with Crippen LogP contribution in [-0.4, -0.2) is 17.2 Å². The Morgan fingerprint density at radius 3 is 2.71 bits per heavy atom. The highest BCUT2D eigenvalue weighted by molar-refractivity contribution is 5.65. The summed E-state index contributed by atoms with van der Waals surface area (Å²) >= 11 is 0. The summed E-state index contributed by atoms with van der Waals surface area (Å²) in [6, 6.07) is 9.58. The highest BCUT2D eigenvalue weighted by atomic mass is 16.5. The SMILES string of the molecule is COc1ccc(-c2cc(CO)ccn2)c(C)c1. The van der Waals surface area contributed by atoms with Crippen molar-refractivity contribution in [1.29, 1.82) is 0 Å². The molecule has 0 radical (unpaired) electrons. The van der Waals surface area contributed by atoms with Crippen LogP contribution in [0.4, 0.5) is 0 Å². The Kier molecular flexibility index (Phi) is 3.40. The number of aryl methyl sites for hydroxylation is 1. The van der Waals surface area contributed by atoms with Crippen LogP contribution in [0.15, 0.2) is 36.5 Å². The van der Waals surface area contributed by atoms with E-state index in [2.05, 4.69) is 4.98 Å². The molecule has 0 aliphatic carbocycles. The number of ether oxygens (including phenoxy) is 1. The fraction of sp³-hybridized carbons (Fsp3) is 0.214. The highest BCUT2D eigenvalue weighted by Crippen LogP contribution is 2.25. The summed E-state index contributed by atoms with van der Waals surface area (Å²) in [7, 11) is 1.65. The monoisotopic (exact) mass is 229 g/mol. The quantitative estimate of drug-likeness (QED) is 0.879. The molecular weight excluding hydrogens is 214 g/mol. The molecule has 0 aliphatic heterocycles. The summed E-state index contributed by atoms with van der Waals surface area (Å²) in [6.45, 7) is 2.05. The number of nitrogens with zero attached hydrogens (tertiary/aromatic N) is 1. The van der Waals surface area contributed by atoms with E-state index in [-0.39, 0.29) is 6.61 Å². The minimum Gasteiger partial charge on any atom is -0.497 e. The lowest BCUT2D eigenvalue weighted by atomic mass is 10.0. The summed E-state index contributed by atoms with van der Waals surface area (Å²) in [5.41, 5.74) is 3.90. The first-order valence-corrected chi connectivity index (χ1v) is 5.45. The number of aromatic nitrogens is 1. The second-order valence-electron chi connectivity index (χ2n) is 3.89. The number of hydrogen-bond acceptors (Lipinski definition) is 3. The molecule has 3 nitrogen and oxygen atoms in total. The van der Waals surface area contributed by atoms with Gasteiger partial charge in [0.1, 0.15) is 5.75 Å². The lowest BCUT2D eigenvalue weighted by molar-refractivity contribution is 0.282. The van der Waals surface area contributed by atoms with E-state index in [0.717, 1.165) is 28.1 Å².